The smallest absolute Gasteiger partial charge is 0.311 e. The van der Waals surface area contributed by atoms with Crippen LogP contribution in [-0.4, -0.2) is 107 Å². The third-order valence-corrected chi connectivity index (χ3v) is 23.5. The summed E-state index contributed by atoms with van der Waals surface area (Å²) in [6, 6.07) is 0.0722. The molecule has 0 saturated carbocycles. The Labute approximate surface area is 333 Å². The zero-order chi connectivity index (χ0) is 40.5. The van der Waals surface area contributed by atoms with Crippen molar-refractivity contribution in [3.8, 4) is 0 Å². The summed E-state index contributed by atoms with van der Waals surface area (Å²) in [5, 5.41) is 0.463. The number of esters is 1. The Morgan fingerprint density at radius 1 is 0.925 bits per heavy atom. The fourth-order valence-electron chi connectivity index (χ4n) is 8.66. The van der Waals surface area contributed by atoms with Crippen molar-refractivity contribution in [2.45, 2.75) is 205 Å². The molecule has 3 bridgehead atoms. The van der Waals surface area contributed by atoms with E-state index in [1.807, 2.05) is 20.8 Å². The van der Waals surface area contributed by atoms with Crippen LogP contribution in [0.25, 0.3) is 0 Å². The Morgan fingerprint density at radius 3 is 1.96 bits per heavy atom. The van der Waals surface area contributed by atoms with Crippen LogP contribution in [0.4, 0.5) is 0 Å². The number of ether oxygens (including phenoxy) is 5. The first-order valence-electron chi connectivity index (χ1n) is 20.2. The summed E-state index contributed by atoms with van der Waals surface area (Å²) in [6.07, 6.45) is 1.55. The summed E-state index contributed by atoms with van der Waals surface area (Å²) >= 11 is 3.79. The fraction of sp³-hybridized carbons (Fsp3) is 0.927. The Balaban J connectivity index is 1.94. The maximum absolute atomic E-state index is 14.5. The number of hydrogen-bond donors (Lipinski definition) is 0. The van der Waals surface area contributed by atoms with Crippen LogP contribution in [0, 0.1) is 17.8 Å². The van der Waals surface area contributed by atoms with E-state index in [9.17, 15) is 4.79 Å². The molecule has 4 rings (SSSR count). The maximum atomic E-state index is 14.5. The third-order valence-electron chi connectivity index (χ3n) is 13.9. The Kier molecular flexibility index (Phi) is 13.4. The zero-order valence-corrected chi connectivity index (χ0v) is 40.4. The van der Waals surface area contributed by atoms with Gasteiger partial charge in [-0.2, -0.15) is 0 Å². The van der Waals surface area contributed by atoms with E-state index in [2.05, 4.69) is 136 Å². The molecule has 0 N–H and O–H groups in total. The normalized spacial score (nSPS) is 41.9. The molecule has 4 aliphatic rings. The number of fused-ring (bicyclic) bond motifs is 2. The molecule has 0 aromatic rings. The lowest BCUT2D eigenvalue weighted by Crippen LogP contribution is -2.63. The molecular weight excluding hydrogens is 771 g/mol. The van der Waals surface area contributed by atoms with Crippen molar-refractivity contribution in [3.63, 3.8) is 0 Å². The predicted octanol–water partition coefficient (Wildman–Crippen LogP) is 9.45. The van der Waals surface area contributed by atoms with E-state index in [1.165, 1.54) is 0 Å². The first kappa shape index (κ1) is 45.5. The molecule has 53 heavy (non-hydrogen) atoms. The molecular formula is C41H76BrNO8Si2. The minimum absolute atomic E-state index is 0.0145. The van der Waals surface area contributed by atoms with Crippen LogP contribution in [-0.2, 0) is 37.3 Å². The number of likely N-dealkylation sites (N-methyl/N-ethyl adjacent to an activating group) is 1. The molecule has 1 spiro atoms. The van der Waals surface area contributed by atoms with Crippen molar-refractivity contribution in [1.82, 2.24) is 4.90 Å². The van der Waals surface area contributed by atoms with Gasteiger partial charge in [-0.15, -0.1) is 0 Å². The summed E-state index contributed by atoms with van der Waals surface area (Å²) in [7, 11) is -0.455. The number of halogens is 1. The van der Waals surface area contributed by atoms with Gasteiger partial charge in [0.2, 0.25) is 0 Å². The molecule has 308 valence electrons. The third kappa shape index (κ3) is 8.68. The molecule has 0 aliphatic carbocycles. The number of hydrogen-bond acceptors (Lipinski definition) is 9. The second-order valence-electron chi connectivity index (χ2n) is 20.6. The molecule has 3 fully saturated rings. The molecule has 0 aromatic heterocycles. The van der Waals surface area contributed by atoms with Crippen molar-refractivity contribution >= 4 is 38.5 Å². The van der Waals surface area contributed by atoms with Crippen LogP contribution in [0.3, 0.4) is 0 Å². The highest BCUT2D eigenvalue weighted by Gasteiger charge is 2.66. The fourth-order valence-corrected chi connectivity index (χ4v) is 12.0. The van der Waals surface area contributed by atoms with Gasteiger partial charge in [0.05, 0.1) is 29.8 Å². The van der Waals surface area contributed by atoms with Crippen molar-refractivity contribution in [2.24, 2.45) is 17.8 Å². The summed E-state index contributed by atoms with van der Waals surface area (Å²) in [6.45, 7) is 37.3. The highest BCUT2D eigenvalue weighted by molar-refractivity contribution is 9.09. The molecule has 3 saturated heterocycles. The predicted molar refractivity (Wildman–Crippen MR) is 221 cm³/mol. The standard InChI is InChI=1S/C41H76BrNO8Si2/c1-20-31-39(12)23-29(24-42)41(50-39)25(2)22-40(13,51-41)34(27(4)32(28(5)35(44)46-31)48-52(16,17)37(6,7)8)47-36-33(49-53(18,19)38(9,10)11)30(43(14)15)21-26(3)45-36/h23,25-28,30-34,36H,20-22,24H2,1-19H3/t25?,26-,27+,28-,30+,31-,32+,33-,34-,36+,39?,40-,41?/m1/s1. The van der Waals surface area contributed by atoms with Gasteiger partial charge >= 0.3 is 5.97 Å². The topological polar surface area (TPSA) is 84.9 Å². The van der Waals surface area contributed by atoms with Crippen LogP contribution in [0.15, 0.2) is 11.6 Å². The minimum Gasteiger partial charge on any atom is -0.459 e. The largest absolute Gasteiger partial charge is 0.459 e. The number of carbonyl (C=O) groups excluding carboxylic acids is 1. The molecule has 0 aromatic carbocycles. The van der Waals surface area contributed by atoms with Gasteiger partial charge < -0.3 is 37.4 Å². The van der Waals surface area contributed by atoms with Crippen LogP contribution < -0.4 is 0 Å². The van der Waals surface area contributed by atoms with E-state index in [0.29, 0.717) is 18.2 Å². The van der Waals surface area contributed by atoms with E-state index >= 15 is 0 Å². The van der Waals surface area contributed by atoms with Gasteiger partial charge in [0.25, 0.3) is 0 Å². The average Bonchev–Trinajstić information content (AvgIpc) is 3.46. The van der Waals surface area contributed by atoms with Gasteiger partial charge in [-0.3, -0.25) is 4.79 Å². The lowest BCUT2D eigenvalue weighted by atomic mass is 9.78. The molecule has 3 unspecified atom stereocenters. The van der Waals surface area contributed by atoms with Gasteiger partial charge in [-0.05, 0) is 109 Å². The highest BCUT2D eigenvalue weighted by atomic mass is 79.9. The lowest BCUT2D eigenvalue weighted by molar-refractivity contribution is -0.326. The van der Waals surface area contributed by atoms with E-state index in [-0.39, 0.29) is 46.1 Å². The number of alkyl halides is 1. The van der Waals surface area contributed by atoms with Crippen LogP contribution in [0.5, 0.6) is 0 Å². The monoisotopic (exact) mass is 845 g/mol. The van der Waals surface area contributed by atoms with Gasteiger partial charge in [-0.1, -0.05) is 78.2 Å². The Bertz CT molecular complexity index is 1350. The van der Waals surface area contributed by atoms with E-state index in [0.717, 1.165) is 12.0 Å². The van der Waals surface area contributed by atoms with E-state index < -0.39 is 64.1 Å². The molecule has 0 amide bonds. The summed E-state index contributed by atoms with van der Waals surface area (Å²) < 4.78 is 50.1. The average molecular weight is 847 g/mol. The molecule has 4 heterocycles. The molecule has 12 heteroatoms. The van der Waals surface area contributed by atoms with Gasteiger partial charge in [0, 0.05) is 23.2 Å². The first-order valence-corrected chi connectivity index (χ1v) is 27.1. The van der Waals surface area contributed by atoms with E-state index in [1.54, 1.807) is 0 Å². The van der Waals surface area contributed by atoms with Gasteiger partial charge in [0.15, 0.2) is 28.7 Å². The second-order valence-corrected chi connectivity index (χ2v) is 30.7. The van der Waals surface area contributed by atoms with Gasteiger partial charge in [0.1, 0.15) is 17.8 Å². The number of carbonyl (C=O) groups is 1. The zero-order valence-electron chi connectivity index (χ0n) is 36.8. The quantitative estimate of drug-likeness (QED) is 0.0976. The molecule has 0 radical (unpaired) electrons. The second kappa shape index (κ2) is 15.5. The molecule has 13 atom stereocenters. The number of rotatable bonds is 9. The van der Waals surface area contributed by atoms with Crippen molar-refractivity contribution in [1.29, 1.82) is 0 Å². The highest BCUT2D eigenvalue weighted by Crippen LogP contribution is 2.57. The van der Waals surface area contributed by atoms with Crippen LogP contribution >= 0.6 is 15.9 Å². The Morgan fingerprint density at radius 2 is 1.47 bits per heavy atom. The maximum Gasteiger partial charge on any atom is 0.311 e. The van der Waals surface area contributed by atoms with Crippen molar-refractivity contribution in [2.75, 3.05) is 19.4 Å². The lowest BCUT2D eigenvalue weighted by Gasteiger charge is -2.52. The summed E-state index contributed by atoms with van der Waals surface area (Å²) in [5.41, 5.74) is -0.718. The number of cyclic esters (lactones) is 1. The van der Waals surface area contributed by atoms with Crippen LogP contribution in [0.1, 0.15) is 109 Å². The SMILES string of the molecule is CC[C@H]1OC(=O)[C@H](C)[C@@H](O[Si](C)(C)C(C)(C)C)[C@H](C)[C@@H](O[C@@H]2O[C@H](C)C[C@H](N(C)C)[C@H]2O[Si](C)(C)C(C)(C)C)[C@@]2(C)CC(C)C3(OC1(C)C=C3CBr)O2. The summed E-state index contributed by atoms with van der Waals surface area (Å²) in [5.74, 6) is -2.24. The van der Waals surface area contributed by atoms with Gasteiger partial charge in [-0.25, -0.2) is 0 Å². The van der Waals surface area contributed by atoms with Crippen molar-refractivity contribution in [3.05, 3.63) is 11.6 Å². The first-order chi connectivity index (χ1) is 24.0. The van der Waals surface area contributed by atoms with Crippen LogP contribution in [0.2, 0.25) is 36.3 Å². The number of nitrogens with zero attached hydrogens (tertiary/aromatic N) is 1. The Hall–Kier alpha value is -0.156. The van der Waals surface area contributed by atoms with E-state index in [4.69, 9.17) is 32.5 Å². The molecule has 4 aliphatic heterocycles. The minimum atomic E-state index is -2.42. The van der Waals surface area contributed by atoms with Crippen molar-refractivity contribution < 1.29 is 37.3 Å². The summed E-state index contributed by atoms with van der Waals surface area (Å²) in [4.78, 5) is 16.7. The molecule has 9 nitrogen and oxygen atoms in total.